The predicted octanol–water partition coefficient (Wildman–Crippen LogP) is 2.07. The molecule has 0 saturated heterocycles. The zero-order valence-electron chi connectivity index (χ0n) is 10.9. The molecule has 0 aromatic heterocycles. The first kappa shape index (κ1) is 14.9. The number of nitrogen functional groups attached to an aromatic ring is 1. The summed E-state index contributed by atoms with van der Waals surface area (Å²) in [5.74, 6) is -0.608. The van der Waals surface area contributed by atoms with Crippen molar-refractivity contribution in [2.75, 3.05) is 19.3 Å². The van der Waals surface area contributed by atoms with Crippen molar-refractivity contribution in [1.82, 2.24) is 4.31 Å². The third-order valence-electron chi connectivity index (χ3n) is 2.93. The zero-order valence-corrected chi connectivity index (χ0v) is 11.7. The second kappa shape index (κ2) is 5.67. The van der Waals surface area contributed by atoms with Gasteiger partial charge >= 0.3 is 0 Å². The lowest BCUT2D eigenvalue weighted by Crippen LogP contribution is -2.32. The minimum atomic E-state index is -3.87. The highest BCUT2D eigenvalue weighted by atomic mass is 32.2. The fraction of sp³-hybridized carbons (Fsp3) is 0.500. The molecule has 1 unspecified atom stereocenters. The maximum atomic E-state index is 13.6. The van der Waals surface area contributed by atoms with E-state index in [0.29, 0.717) is 6.54 Å². The molecule has 0 fully saturated rings. The fourth-order valence-electron chi connectivity index (χ4n) is 1.62. The summed E-state index contributed by atoms with van der Waals surface area (Å²) in [6, 6.07) is 3.87. The summed E-state index contributed by atoms with van der Waals surface area (Å²) in [5.41, 5.74) is 5.50. The minimum absolute atomic E-state index is 0.0639. The van der Waals surface area contributed by atoms with Crippen LogP contribution in [-0.4, -0.2) is 26.3 Å². The number of nitrogens with two attached hydrogens (primary N) is 1. The van der Waals surface area contributed by atoms with Crippen molar-refractivity contribution >= 4 is 15.7 Å². The molecule has 0 saturated carbocycles. The Morgan fingerprint density at radius 1 is 1.44 bits per heavy atom. The number of rotatable bonds is 5. The van der Waals surface area contributed by atoms with Gasteiger partial charge in [-0.1, -0.05) is 26.3 Å². The highest BCUT2D eigenvalue weighted by Crippen LogP contribution is 2.25. The monoisotopic (exact) mass is 274 g/mol. The molecule has 0 bridgehead atoms. The van der Waals surface area contributed by atoms with E-state index in [1.807, 2.05) is 13.8 Å². The molecule has 1 aromatic carbocycles. The van der Waals surface area contributed by atoms with E-state index >= 15 is 0 Å². The van der Waals surface area contributed by atoms with Crippen LogP contribution < -0.4 is 5.73 Å². The zero-order chi connectivity index (χ0) is 13.9. The Kier molecular flexibility index (Phi) is 4.70. The molecule has 1 rings (SSSR count). The highest BCUT2D eigenvalue weighted by molar-refractivity contribution is 7.89. The van der Waals surface area contributed by atoms with Gasteiger partial charge in [-0.25, -0.2) is 17.1 Å². The maximum Gasteiger partial charge on any atom is 0.247 e. The van der Waals surface area contributed by atoms with Crippen molar-refractivity contribution in [2.24, 2.45) is 5.92 Å². The lowest BCUT2D eigenvalue weighted by Gasteiger charge is -2.21. The van der Waals surface area contributed by atoms with Gasteiger partial charge in [0.05, 0.1) is 5.69 Å². The van der Waals surface area contributed by atoms with Crippen molar-refractivity contribution < 1.29 is 12.8 Å². The third kappa shape index (κ3) is 3.00. The van der Waals surface area contributed by atoms with Crippen molar-refractivity contribution in [3.05, 3.63) is 24.0 Å². The van der Waals surface area contributed by atoms with Gasteiger partial charge < -0.3 is 5.73 Å². The van der Waals surface area contributed by atoms with Crippen LogP contribution in [0.2, 0.25) is 0 Å². The van der Waals surface area contributed by atoms with E-state index in [1.165, 1.54) is 19.2 Å². The lowest BCUT2D eigenvalue weighted by molar-refractivity contribution is 0.391. The van der Waals surface area contributed by atoms with Gasteiger partial charge in [-0.05, 0) is 18.1 Å². The number of sulfonamides is 1. The van der Waals surface area contributed by atoms with Gasteiger partial charge in [0.2, 0.25) is 10.0 Å². The number of anilines is 1. The van der Waals surface area contributed by atoms with E-state index in [-0.39, 0.29) is 11.6 Å². The van der Waals surface area contributed by atoms with Crippen LogP contribution in [0.3, 0.4) is 0 Å². The van der Waals surface area contributed by atoms with E-state index in [9.17, 15) is 12.8 Å². The molecular weight excluding hydrogens is 255 g/mol. The van der Waals surface area contributed by atoms with Crippen LogP contribution in [0.1, 0.15) is 20.3 Å². The quantitative estimate of drug-likeness (QED) is 0.836. The average Bonchev–Trinajstić information content (AvgIpc) is 2.28. The molecule has 4 nitrogen and oxygen atoms in total. The van der Waals surface area contributed by atoms with E-state index in [2.05, 4.69) is 0 Å². The van der Waals surface area contributed by atoms with Crippen LogP contribution in [0.15, 0.2) is 23.1 Å². The van der Waals surface area contributed by atoms with E-state index in [0.717, 1.165) is 16.8 Å². The molecule has 0 heterocycles. The Bertz CT molecular complexity index is 497. The molecule has 0 radical (unpaired) electrons. The van der Waals surface area contributed by atoms with Crippen LogP contribution in [0.5, 0.6) is 0 Å². The van der Waals surface area contributed by atoms with Crippen molar-refractivity contribution in [3.8, 4) is 0 Å². The van der Waals surface area contributed by atoms with Crippen LogP contribution in [-0.2, 0) is 10.0 Å². The molecule has 6 heteroatoms. The molecule has 0 aliphatic carbocycles. The topological polar surface area (TPSA) is 63.4 Å². The summed E-state index contributed by atoms with van der Waals surface area (Å²) in [7, 11) is -2.43. The van der Waals surface area contributed by atoms with Gasteiger partial charge in [-0.2, -0.15) is 0 Å². The van der Waals surface area contributed by atoms with Crippen LogP contribution >= 0.6 is 0 Å². The van der Waals surface area contributed by atoms with Crippen LogP contribution in [0.25, 0.3) is 0 Å². The molecule has 0 aliphatic heterocycles. The standard InChI is InChI=1S/C12H19FN2O2S/c1-4-9(2)8-15(3)18(16,17)12-10(13)6-5-7-11(12)14/h5-7,9H,4,8,14H2,1-3H3. The number of nitrogens with zero attached hydrogens (tertiary/aromatic N) is 1. The molecule has 0 amide bonds. The molecule has 1 atom stereocenters. The molecule has 102 valence electrons. The number of hydrogen-bond donors (Lipinski definition) is 1. The smallest absolute Gasteiger partial charge is 0.247 e. The lowest BCUT2D eigenvalue weighted by atomic mass is 10.1. The second-order valence-electron chi connectivity index (χ2n) is 4.46. The summed E-state index contributed by atoms with van der Waals surface area (Å²) < 4.78 is 39.3. The molecule has 0 spiro atoms. The summed E-state index contributed by atoms with van der Waals surface area (Å²) in [5, 5.41) is 0. The van der Waals surface area contributed by atoms with Gasteiger partial charge in [0.25, 0.3) is 0 Å². The highest BCUT2D eigenvalue weighted by Gasteiger charge is 2.27. The molecule has 0 aliphatic rings. The molecule has 18 heavy (non-hydrogen) atoms. The first-order valence-electron chi connectivity index (χ1n) is 5.81. The Morgan fingerprint density at radius 2 is 2.06 bits per heavy atom. The number of hydrogen-bond acceptors (Lipinski definition) is 3. The van der Waals surface area contributed by atoms with Crippen molar-refractivity contribution in [2.45, 2.75) is 25.2 Å². The first-order valence-corrected chi connectivity index (χ1v) is 7.25. The first-order chi connectivity index (χ1) is 8.30. The Labute approximate surface area is 108 Å². The molecular formula is C12H19FN2O2S. The van der Waals surface area contributed by atoms with Gasteiger partial charge in [0, 0.05) is 13.6 Å². The van der Waals surface area contributed by atoms with Crippen LogP contribution in [0, 0.1) is 11.7 Å². The largest absolute Gasteiger partial charge is 0.398 e. The molecule has 1 aromatic rings. The summed E-state index contributed by atoms with van der Waals surface area (Å²) in [6.45, 7) is 4.26. The predicted molar refractivity (Wildman–Crippen MR) is 70.1 cm³/mol. The average molecular weight is 274 g/mol. The summed E-state index contributed by atoms with van der Waals surface area (Å²) in [6.07, 6.45) is 0.854. The summed E-state index contributed by atoms with van der Waals surface area (Å²) in [4.78, 5) is -0.434. The third-order valence-corrected chi connectivity index (χ3v) is 4.85. The van der Waals surface area contributed by atoms with Crippen LogP contribution in [0.4, 0.5) is 10.1 Å². The van der Waals surface area contributed by atoms with Crippen molar-refractivity contribution in [3.63, 3.8) is 0 Å². The maximum absolute atomic E-state index is 13.6. The fourth-order valence-corrected chi connectivity index (χ4v) is 3.06. The minimum Gasteiger partial charge on any atom is -0.398 e. The van der Waals surface area contributed by atoms with Gasteiger partial charge in [-0.15, -0.1) is 0 Å². The summed E-state index contributed by atoms with van der Waals surface area (Å²) >= 11 is 0. The van der Waals surface area contributed by atoms with Gasteiger partial charge in [0.15, 0.2) is 0 Å². The van der Waals surface area contributed by atoms with E-state index in [1.54, 1.807) is 0 Å². The van der Waals surface area contributed by atoms with E-state index < -0.39 is 20.7 Å². The van der Waals surface area contributed by atoms with Gasteiger partial charge in [-0.3, -0.25) is 0 Å². The number of halogens is 1. The van der Waals surface area contributed by atoms with Crippen molar-refractivity contribution in [1.29, 1.82) is 0 Å². The number of benzene rings is 1. The normalized spacial score (nSPS) is 13.8. The van der Waals surface area contributed by atoms with E-state index in [4.69, 9.17) is 5.73 Å². The Morgan fingerprint density at radius 3 is 2.56 bits per heavy atom. The molecule has 2 N–H and O–H groups in total. The van der Waals surface area contributed by atoms with Gasteiger partial charge in [0.1, 0.15) is 10.7 Å². The SMILES string of the molecule is CCC(C)CN(C)S(=O)(=O)c1c(N)cccc1F. The Hall–Kier alpha value is -1.14. The Balaban J connectivity index is 3.14. The second-order valence-corrected chi connectivity index (χ2v) is 6.44.